The van der Waals surface area contributed by atoms with E-state index in [9.17, 15) is 14.3 Å². The van der Waals surface area contributed by atoms with Gasteiger partial charge in [-0.1, -0.05) is 49.7 Å². The molecule has 1 heterocycles. The number of ether oxygens (including phenoxy) is 1. The number of rotatable bonds is 7. The molecule has 32 heavy (non-hydrogen) atoms. The third kappa shape index (κ3) is 5.36. The molecule has 0 aliphatic carbocycles. The maximum atomic E-state index is 13.6. The Bertz CT molecular complexity index is 1240. The van der Waals surface area contributed by atoms with Crippen molar-refractivity contribution in [1.29, 1.82) is 0 Å². The smallest absolute Gasteiger partial charge is 0.545 e. The van der Waals surface area contributed by atoms with E-state index in [4.69, 9.17) is 4.74 Å². The number of nitrogens with zero attached hydrogens (tertiary/aromatic N) is 1. The van der Waals surface area contributed by atoms with E-state index in [1.165, 1.54) is 18.2 Å². The number of carboxylic acid groups (broad SMARTS) is 1. The first kappa shape index (κ1) is 23.9. The zero-order valence-corrected chi connectivity index (χ0v) is 20.1. The summed E-state index contributed by atoms with van der Waals surface area (Å²) in [5.74, 6) is -1.05. The van der Waals surface area contributed by atoms with Crippen LogP contribution in [0.5, 0.6) is 5.75 Å². The molecule has 4 rings (SSSR count). The second kappa shape index (κ2) is 10.7. The molecule has 3 aromatic carbocycles. The summed E-state index contributed by atoms with van der Waals surface area (Å²) in [5, 5.41) is 11.8. The van der Waals surface area contributed by atoms with Crippen LogP contribution in [-0.4, -0.2) is 17.6 Å². The van der Waals surface area contributed by atoms with Gasteiger partial charge in [0.15, 0.2) is 0 Å². The number of halogens is 1. The number of carbonyl (C=O) groups excluding carboxylic acids is 1. The van der Waals surface area contributed by atoms with E-state index in [-0.39, 0.29) is 40.5 Å². The molecule has 0 atom stereocenters. The van der Waals surface area contributed by atoms with Gasteiger partial charge in [0, 0.05) is 16.5 Å². The molecule has 0 unspecified atom stereocenters. The number of pyridine rings is 1. The Hall–Kier alpha value is -2.73. The van der Waals surface area contributed by atoms with Gasteiger partial charge in [0.2, 0.25) is 0 Å². The number of aromatic carboxylic acids is 1. The average molecular weight is 437 g/mol. The molecule has 0 N–H and O–H groups in total. The topological polar surface area (TPSA) is 62.2 Å². The van der Waals surface area contributed by atoms with Gasteiger partial charge in [0.1, 0.15) is 11.6 Å². The van der Waals surface area contributed by atoms with Crippen LogP contribution in [0, 0.1) is 5.82 Å². The Morgan fingerprint density at radius 3 is 2.44 bits per heavy atom. The molecule has 0 aliphatic heterocycles. The first-order valence-corrected chi connectivity index (χ1v) is 10.2. The first-order valence-electron chi connectivity index (χ1n) is 10.2. The zero-order chi connectivity index (χ0) is 21.8. The Morgan fingerprint density at radius 1 is 0.969 bits per heavy atom. The fraction of sp³-hybridized carbons (Fsp3) is 0.154. The number of carbonyl (C=O) groups is 1. The molecule has 0 fully saturated rings. The summed E-state index contributed by atoms with van der Waals surface area (Å²) in [5.41, 5.74) is 3.60. The van der Waals surface area contributed by atoms with Gasteiger partial charge < -0.3 is 14.6 Å². The summed E-state index contributed by atoms with van der Waals surface area (Å²) >= 11 is 0. The molecule has 0 radical (unpaired) electrons. The SMILES string of the molecule is CCCCOc1cccc(-c2ccc(-c3cc(C(=O)[O-])c4cc(F)ccc4n3)cc2)c1.[Na+]. The van der Waals surface area contributed by atoms with E-state index in [0.29, 0.717) is 17.8 Å². The Labute approximate surface area is 208 Å². The van der Waals surface area contributed by atoms with E-state index in [1.807, 2.05) is 48.5 Å². The molecule has 0 saturated carbocycles. The van der Waals surface area contributed by atoms with E-state index in [1.54, 1.807) is 0 Å². The molecule has 0 bridgehead atoms. The van der Waals surface area contributed by atoms with Crippen molar-refractivity contribution in [2.24, 2.45) is 0 Å². The van der Waals surface area contributed by atoms with Crippen LogP contribution in [0.25, 0.3) is 33.3 Å². The second-order valence-electron chi connectivity index (χ2n) is 7.31. The maximum Gasteiger partial charge on any atom is 1.00 e. The number of hydrogen-bond donors (Lipinski definition) is 0. The van der Waals surface area contributed by atoms with Crippen molar-refractivity contribution in [3.63, 3.8) is 0 Å². The Balaban J connectivity index is 0.00000289. The van der Waals surface area contributed by atoms with Crippen molar-refractivity contribution in [2.75, 3.05) is 6.61 Å². The summed E-state index contributed by atoms with van der Waals surface area (Å²) < 4.78 is 19.4. The van der Waals surface area contributed by atoms with E-state index >= 15 is 0 Å². The maximum absolute atomic E-state index is 13.6. The van der Waals surface area contributed by atoms with Gasteiger partial charge in [0.25, 0.3) is 0 Å². The van der Waals surface area contributed by atoms with Gasteiger partial charge in [-0.05, 0) is 53.9 Å². The molecule has 4 aromatic rings. The predicted molar refractivity (Wildman–Crippen MR) is 117 cm³/mol. The van der Waals surface area contributed by atoms with E-state index < -0.39 is 11.8 Å². The molecule has 0 saturated heterocycles. The first-order chi connectivity index (χ1) is 15.0. The minimum absolute atomic E-state index is 0. The van der Waals surface area contributed by atoms with Crippen LogP contribution in [-0.2, 0) is 0 Å². The molecule has 4 nitrogen and oxygen atoms in total. The monoisotopic (exact) mass is 437 g/mol. The van der Waals surface area contributed by atoms with Crippen LogP contribution >= 0.6 is 0 Å². The number of hydrogen-bond acceptors (Lipinski definition) is 4. The van der Waals surface area contributed by atoms with Gasteiger partial charge in [-0.25, -0.2) is 9.37 Å². The Kier molecular flexibility index (Phi) is 8.02. The minimum Gasteiger partial charge on any atom is -0.545 e. The van der Waals surface area contributed by atoms with Crippen LogP contribution in [0.4, 0.5) is 4.39 Å². The molecule has 1 aromatic heterocycles. The molecular formula is C26H21FNNaO3. The Morgan fingerprint density at radius 2 is 1.72 bits per heavy atom. The molecular weight excluding hydrogens is 416 g/mol. The van der Waals surface area contributed by atoms with Crippen molar-refractivity contribution in [2.45, 2.75) is 19.8 Å². The van der Waals surface area contributed by atoms with Crippen molar-refractivity contribution < 1.29 is 48.6 Å². The van der Waals surface area contributed by atoms with Gasteiger partial charge in [-0.15, -0.1) is 0 Å². The minimum atomic E-state index is -1.37. The summed E-state index contributed by atoms with van der Waals surface area (Å²) in [4.78, 5) is 16.1. The second-order valence-corrected chi connectivity index (χ2v) is 7.31. The molecule has 0 aliphatic rings. The molecule has 0 spiro atoms. The summed E-state index contributed by atoms with van der Waals surface area (Å²) in [7, 11) is 0. The molecule has 156 valence electrons. The zero-order valence-electron chi connectivity index (χ0n) is 18.1. The number of carboxylic acids is 1. The van der Waals surface area contributed by atoms with Crippen molar-refractivity contribution in [3.05, 3.63) is 84.2 Å². The van der Waals surface area contributed by atoms with Gasteiger partial charge in [0.05, 0.1) is 23.8 Å². The largest absolute Gasteiger partial charge is 1.00 e. The van der Waals surface area contributed by atoms with Crippen LogP contribution < -0.4 is 39.4 Å². The van der Waals surface area contributed by atoms with Crippen LogP contribution in [0.1, 0.15) is 30.1 Å². The number of benzene rings is 3. The van der Waals surface area contributed by atoms with Gasteiger partial charge in [-0.2, -0.15) is 0 Å². The third-order valence-electron chi connectivity index (χ3n) is 5.11. The number of fused-ring (bicyclic) bond motifs is 1. The fourth-order valence-electron chi connectivity index (χ4n) is 3.45. The standard InChI is InChI=1S/C26H22FNO3.Na/c1-2-3-13-31-21-6-4-5-19(14-21)17-7-9-18(10-8-17)25-16-23(26(29)30)22-15-20(27)11-12-24(22)28-25;/h4-12,14-16H,2-3,13H2,1H3,(H,29,30);/q;+1/p-1. The van der Waals surface area contributed by atoms with Crippen molar-refractivity contribution in [1.82, 2.24) is 4.98 Å². The quantitative estimate of drug-likeness (QED) is 0.329. The van der Waals surface area contributed by atoms with Crippen LogP contribution in [0.2, 0.25) is 0 Å². The fourth-order valence-corrected chi connectivity index (χ4v) is 3.45. The summed E-state index contributed by atoms with van der Waals surface area (Å²) in [6.45, 7) is 2.82. The van der Waals surface area contributed by atoms with E-state index in [2.05, 4.69) is 11.9 Å². The molecule has 0 amide bonds. The number of unbranched alkanes of at least 4 members (excludes halogenated alkanes) is 1. The van der Waals surface area contributed by atoms with Crippen molar-refractivity contribution >= 4 is 16.9 Å². The summed E-state index contributed by atoms with van der Waals surface area (Å²) in [6.07, 6.45) is 2.09. The van der Waals surface area contributed by atoms with Gasteiger partial charge in [-0.3, -0.25) is 0 Å². The average Bonchev–Trinajstić information content (AvgIpc) is 2.79. The molecule has 6 heteroatoms. The predicted octanol–water partition coefficient (Wildman–Crippen LogP) is 2.25. The van der Waals surface area contributed by atoms with E-state index in [0.717, 1.165) is 41.3 Å². The van der Waals surface area contributed by atoms with Crippen LogP contribution in [0.15, 0.2) is 72.8 Å². The summed E-state index contributed by atoms with van der Waals surface area (Å²) in [6, 6.07) is 20.9. The number of aromatic nitrogens is 1. The normalized spacial score (nSPS) is 10.6. The van der Waals surface area contributed by atoms with Crippen LogP contribution in [0.3, 0.4) is 0 Å². The van der Waals surface area contributed by atoms with Crippen molar-refractivity contribution in [3.8, 4) is 28.1 Å². The third-order valence-corrected chi connectivity index (χ3v) is 5.11. The van der Waals surface area contributed by atoms with Gasteiger partial charge >= 0.3 is 29.6 Å².